The second kappa shape index (κ2) is 9.64. The van der Waals surface area contributed by atoms with Crippen LogP contribution in [-0.4, -0.2) is 36.8 Å². The van der Waals surface area contributed by atoms with E-state index in [4.69, 9.17) is 0 Å². The van der Waals surface area contributed by atoms with Gasteiger partial charge in [0.25, 0.3) is 5.56 Å². The van der Waals surface area contributed by atoms with Crippen LogP contribution in [0.5, 0.6) is 0 Å². The molecule has 1 amide bonds. The lowest BCUT2D eigenvalue weighted by atomic mass is 9.96. The summed E-state index contributed by atoms with van der Waals surface area (Å²) in [5.41, 5.74) is 1.64. The van der Waals surface area contributed by atoms with Gasteiger partial charge in [-0.15, -0.1) is 5.10 Å². The van der Waals surface area contributed by atoms with Gasteiger partial charge in [0.05, 0.1) is 12.2 Å². The molecule has 1 aliphatic carbocycles. The second-order valence-corrected chi connectivity index (χ2v) is 10.3. The van der Waals surface area contributed by atoms with Crippen molar-refractivity contribution in [3.8, 4) is 11.4 Å². The van der Waals surface area contributed by atoms with Crippen molar-refractivity contribution >= 4 is 17.4 Å². The Hall–Kier alpha value is -3.99. The maximum atomic E-state index is 13.3. The monoisotopic (exact) mass is 539 g/mol. The number of benzene rings is 2. The number of carbonyl (C=O) groups excluding carboxylic acids is 1. The topological polar surface area (TPSA) is 102 Å². The van der Waals surface area contributed by atoms with Crippen LogP contribution in [0.25, 0.3) is 17.2 Å². The molecular formula is C28H28F3N5O3. The highest BCUT2D eigenvalue weighted by Crippen LogP contribution is 2.47. The van der Waals surface area contributed by atoms with Gasteiger partial charge in [0.15, 0.2) is 5.82 Å². The SMILES string of the molecule is Cc1c(C(C)C)c(=O)n2nc(-c3ccc(C4(CO)CC4)cc3)nc2n1CC(=O)Nc1ccc(C(F)(F)F)cc1. The first-order valence-corrected chi connectivity index (χ1v) is 12.6. The molecule has 2 heterocycles. The Bertz CT molecular complexity index is 1600. The van der Waals surface area contributed by atoms with E-state index >= 15 is 0 Å². The number of hydrogen-bond donors (Lipinski definition) is 2. The molecule has 1 fully saturated rings. The van der Waals surface area contributed by atoms with Gasteiger partial charge < -0.3 is 15.0 Å². The van der Waals surface area contributed by atoms with Crippen LogP contribution in [0, 0.1) is 6.92 Å². The average Bonchev–Trinajstić information content (AvgIpc) is 3.56. The van der Waals surface area contributed by atoms with E-state index in [9.17, 15) is 27.9 Å². The quantitative estimate of drug-likeness (QED) is 0.356. The standard InChI is InChI=1S/C28H28F3N5O3/c1-16(2)23-17(3)35(14-22(38)32-21-10-8-20(9-11-21)28(29,30)31)26-33-24(34-36(26)25(23)39)18-4-6-19(7-5-18)27(15-37)12-13-27/h4-11,16,37H,12-15H2,1-3H3,(H,32,38). The minimum Gasteiger partial charge on any atom is -0.395 e. The molecule has 1 aliphatic rings. The molecule has 2 aromatic carbocycles. The van der Waals surface area contributed by atoms with Crippen molar-refractivity contribution in [1.29, 1.82) is 0 Å². The average molecular weight is 540 g/mol. The largest absolute Gasteiger partial charge is 0.416 e. The molecule has 0 aliphatic heterocycles. The first-order valence-electron chi connectivity index (χ1n) is 12.6. The van der Waals surface area contributed by atoms with Crippen LogP contribution in [0.2, 0.25) is 0 Å². The summed E-state index contributed by atoms with van der Waals surface area (Å²) in [6.07, 6.45) is -2.61. The van der Waals surface area contributed by atoms with Crippen LogP contribution < -0.4 is 10.9 Å². The van der Waals surface area contributed by atoms with Crippen LogP contribution in [0.15, 0.2) is 53.3 Å². The Labute approximate surface area is 222 Å². The van der Waals surface area contributed by atoms with E-state index in [1.165, 1.54) is 16.6 Å². The van der Waals surface area contributed by atoms with Gasteiger partial charge in [-0.3, -0.25) is 9.59 Å². The highest BCUT2D eigenvalue weighted by molar-refractivity contribution is 5.90. The highest BCUT2D eigenvalue weighted by atomic mass is 19.4. The fourth-order valence-electron chi connectivity index (χ4n) is 4.90. The van der Waals surface area contributed by atoms with Crippen molar-refractivity contribution in [1.82, 2.24) is 19.2 Å². The van der Waals surface area contributed by atoms with Crippen LogP contribution in [0.1, 0.15) is 55.0 Å². The summed E-state index contributed by atoms with van der Waals surface area (Å²) < 4.78 is 41.4. The number of aliphatic hydroxyl groups excluding tert-OH is 1. The summed E-state index contributed by atoms with van der Waals surface area (Å²) in [5.74, 6) is -0.167. The van der Waals surface area contributed by atoms with Crippen LogP contribution in [-0.2, 0) is 22.9 Å². The number of rotatable bonds is 7. The Morgan fingerprint density at radius 3 is 2.28 bits per heavy atom. The summed E-state index contributed by atoms with van der Waals surface area (Å²) in [5, 5.41) is 16.8. The van der Waals surface area contributed by atoms with Gasteiger partial charge in [0.1, 0.15) is 6.54 Å². The van der Waals surface area contributed by atoms with Crippen LogP contribution in [0.3, 0.4) is 0 Å². The molecular weight excluding hydrogens is 511 g/mol. The van der Waals surface area contributed by atoms with E-state index in [1.807, 2.05) is 38.1 Å². The van der Waals surface area contributed by atoms with E-state index in [-0.39, 0.29) is 41.5 Å². The zero-order valence-corrected chi connectivity index (χ0v) is 21.7. The lowest BCUT2D eigenvalue weighted by molar-refractivity contribution is -0.137. The fourth-order valence-corrected chi connectivity index (χ4v) is 4.90. The third-order valence-corrected chi connectivity index (χ3v) is 7.34. The Balaban J connectivity index is 1.49. The molecule has 5 rings (SSSR count). The smallest absolute Gasteiger partial charge is 0.395 e. The third-order valence-electron chi connectivity index (χ3n) is 7.34. The van der Waals surface area contributed by atoms with Gasteiger partial charge in [-0.25, -0.2) is 0 Å². The zero-order valence-electron chi connectivity index (χ0n) is 21.7. The normalized spacial score (nSPS) is 14.7. The summed E-state index contributed by atoms with van der Waals surface area (Å²) in [4.78, 5) is 30.9. The fraction of sp³-hybridized carbons (Fsp3) is 0.357. The van der Waals surface area contributed by atoms with Crippen LogP contribution >= 0.6 is 0 Å². The predicted octanol–water partition coefficient (Wildman–Crippen LogP) is 4.67. The van der Waals surface area contributed by atoms with E-state index in [0.29, 0.717) is 22.6 Å². The maximum absolute atomic E-state index is 13.3. The van der Waals surface area contributed by atoms with Crippen molar-refractivity contribution in [3.05, 3.63) is 81.3 Å². The van der Waals surface area contributed by atoms with E-state index in [1.54, 1.807) is 11.5 Å². The number of aliphatic hydroxyl groups is 1. The lowest BCUT2D eigenvalue weighted by Crippen LogP contribution is -2.29. The van der Waals surface area contributed by atoms with Crippen LogP contribution in [0.4, 0.5) is 18.9 Å². The van der Waals surface area contributed by atoms with Crippen molar-refractivity contribution in [2.75, 3.05) is 11.9 Å². The molecule has 2 N–H and O–H groups in total. The van der Waals surface area contributed by atoms with Crippen molar-refractivity contribution in [2.24, 2.45) is 0 Å². The summed E-state index contributed by atoms with van der Waals surface area (Å²) in [7, 11) is 0. The maximum Gasteiger partial charge on any atom is 0.416 e. The summed E-state index contributed by atoms with van der Waals surface area (Å²) in [6, 6.07) is 11.7. The summed E-state index contributed by atoms with van der Waals surface area (Å²) in [6.45, 7) is 5.33. The number of nitrogens with one attached hydrogen (secondary N) is 1. The van der Waals surface area contributed by atoms with E-state index in [2.05, 4.69) is 15.4 Å². The third kappa shape index (κ3) is 4.94. The van der Waals surface area contributed by atoms with E-state index in [0.717, 1.165) is 30.5 Å². The minimum absolute atomic E-state index is 0.0876. The number of halogens is 3. The van der Waals surface area contributed by atoms with Crippen molar-refractivity contribution in [2.45, 2.75) is 57.7 Å². The Morgan fingerprint density at radius 1 is 1.10 bits per heavy atom. The van der Waals surface area contributed by atoms with Gasteiger partial charge in [-0.1, -0.05) is 38.1 Å². The molecule has 11 heteroatoms. The molecule has 204 valence electrons. The molecule has 1 saturated carbocycles. The number of fused-ring (bicyclic) bond motifs is 1. The Kier molecular flexibility index (Phi) is 6.58. The number of anilines is 1. The lowest BCUT2D eigenvalue weighted by Gasteiger charge is -2.17. The highest BCUT2D eigenvalue weighted by Gasteiger charge is 2.43. The zero-order chi connectivity index (χ0) is 28.1. The predicted molar refractivity (Wildman–Crippen MR) is 140 cm³/mol. The number of nitrogens with zero attached hydrogens (tertiary/aromatic N) is 4. The number of carbonyl (C=O) groups is 1. The molecule has 39 heavy (non-hydrogen) atoms. The van der Waals surface area contributed by atoms with Gasteiger partial charge in [-0.2, -0.15) is 22.7 Å². The minimum atomic E-state index is -4.47. The van der Waals surface area contributed by atoms with Gasteiger partial charge in [-0.05, 0) is 55.5 Å². The number of hydrogen-bond acceptors (Lipinski definition) is 5. The molecule has 8 nitrogen and oxygen atoms in total. The molecule has 2 aromatic heterocycles. The molecule has 0 atom stereocenters. The van der Waals surface area contributed by atoms with Crippen molar-refractivity contribution < 1.29 is 23.1 Å². The van der Waals surface area contributed by atoms with Gasteiger partial charge >= 0.3 is 6.18 Å². The summed E-state index contributed by atoms with van der Waals surface area (Å²) >= 11 is 0. The second-order valence-electron chi connectivity index (χ2n) is 10.3. The molecule has 4 aromatic rings. The Morgan fingerprint density at radius 2 is 1.74 bits per heavy atom. The first-order chi connectivity index (χ1) is 18.4. The van der Waals surface area contributed by atoms with Gasteiger partial charge in [0, 0.05) is 27.9 Å². The van der Waals surface area contributed by atoms with E-state index < -0.39 is 17.6 Å². The molecule has 0 unspecified atom stereocenters. The number of amides is 1. The number of aromatic nitrogens is 4. The first kappa shape index (κ1) is 26.6. The van der Waals surface area contributed by atoms with Gasteiger partial charge in [0.2, 0.25) is 11.7 Å². The molecule has 0 bridgehead atoms. The molecule has 0 radical (unpaired) electrons. The molecule has 0 saturated heterocycles. The molecule has 0 spiro atoms. The number of alkyl halides is 3. The van der Waals surface area contributed by atoms with Crippen molar-refractivity contribution in [3.63, 3.8) is 0 Å².